The van der Waals surface area contributed by atoms with Crippen molar-refractivity contribution in [2.75, 3.05) is 20.3 Å². The molecule has 0 saturated carbocycles. The molecule has 5 nitrogen and oxygen atoms in total. The first-order valence-electron chi connectivity index (χ1n) is 7.26. The van der Waals surface area contributed by atoms with Crippen LogP contribution in [0.3, 0.4) is 0 Å². The number of amides is 1. The lowest BCUT2D eigenvalue weighted by Gasteiger charge is -2.29. The van der Waals surface area contributed by atoms with Gasteiger partial charge < -0.3 is 14.8 Å². The molecule has 1 aliphatic heterocycles. The number of benzene rings is 1. The Morgan fingerprint density at radius 3 is 2.86 bits per heavy atom. The average molecular weight is 292 g/mol. The second-order valence-electron chi connectivity index (χ2n) is 5.85. The van der Waals surface area contributed by atoms with Crippen LogP contribution in [-0.4, -0.2) is 37.8 Å². The van der Waals surface area contributed by atoms with Gasteiger partial charge in [-0.15, -0.1) is 0 Å². The fourth-order valence-corrected chi connectivity index (χ4v) is 2.57. The van der Waals surface area contributed by atoms with Crippen LogP contribution >= 0.6 is 0 Å². The number of hydrogen-bond acceptors (Lipinski definition) is 4. The lowest BCUT2D eigenvalue weighted by molar-refractivity contribution is -0.123. The van der Waals surface area contributed by atoms with E-state index in [0.717, 1.165) is 11.3 Å². The smallest absolute Gasteiger partial charge is 0.236 e. The molecule has 1 amide bonds. The fourth-order valence-electron chi connectivity index (χ4n) is 2.57. The van der Waals surface area contributed by atoms with E-state index in [1.165, 1.54) is 0 Å². The number of ether oxygens (including phenoxy) is 2. The van der Waals surface area contributed by atoms with Gasteiger partial charge in [-0.3, -0.25) is 10.1 Å². The zero-order valence-electron chi connectivity index (χ0n) is 13.1. The summed E-state index contributed by atoms with van der Waals surface area (Å²) in [4.78, 5) is 12.1. The first kappa shape index (κ1) is 15.8. The Labute approximate surface area is 126 Å². The molecule has 0 bridgehead atoms. The van der Waals surface area contributed by atoms with E-state index in [4.69, 9.17) is 9.47 Å². The van der Waals surface area contributed by atoms with Gasteiger partial charge in [0.25, 0.3) is 0 Å². The maximum atomic E-state index is 12.1. The van der Waals surface area contributed by atoms with Crippen LogP contribution in [0.2, 0.25) is 0 Å². The van der Waals surface area contributed by atoms with E-state index < -0.39 is 0 Å². The van der Waals surface area contributed by atoms with Crippen LogP contribution < -0.4 is 15.4 Å². The van der Waals surface area contributed by atoms with E-state index in [1.807, 2.05) is 45.0 Å². The Kier molecular flexibility index (Phi) is 4.85. The summed E-state index contributed by atoms with van der Waals surface area (Å²) < 4.78 is 10.9. The maximum absolute atomic E-state index is 12.1. The van der Waals surface area contributed by atoms with Crippen LogP contribution in [0.1, 0.15) is 32.4 Å². The summed E-state index contributed by atoms with van der Waals surface area (Å²) >= 11 is 0. The van der Waals surface area contributed by atoms with E-state index in [1.54, 1.807) is 7.11 Å². The molecule has 1 heterocycles. The highest BCUT2D eigenvalue weighted by atomic mass is 16.5. The minimum absolute atomic E-state index is 0.0168. The van der Waals surface area contributed by atoms with Crippen molar-refractivity contribution in [3.05, 3.63) is 29.8 Å². The maximum Gasteiger partial charge on any atom is 0.236 e. The van der Waals surface area contributed by atoms with Gasteiger partial charge in [-0.2, -0.15) is 0 Å². The van der Waals surface area contributed by atoms with Gasteiger partial charge in [0.05, 0.1) is 18.7 Å². The molecule has 21 heavy (non-hydrogen) atoms. The van der Waals surface area contributed by atoms with E-state index >= 15 is 0 Å². The number of para-hydroxylation sites is 1. The molecule has 1 aromatic carbocycles. The normalized spacial score (nSPS) is 20.5. The zero-order valence-corrected chi connectivity index (χ0v) is 13.1. The molecule has 2 N–H and O–H groups in total. The number of rotatable bonds is 6. The molecule has 1 aromatic rings. The van der Waals surface area contributed by atoms with Crippen molar-refractivity contribution in [3.8, 4) is 5.75 Å². The van der Waals surface area contributed by atoms with Gasteiger partial charge in [0, 0.05) is 19.2 Å². The Morgan fingerprint density at radius 2 is 2.14 bits per heavy atom. The predicted octanol–water partition coefficient (Wildman–Crippen LogP) is 1.64. The molecule has 0 aliphatic carbocycles. The van der Waals surface area contributed by atoms with E-state index in [0.29, 0.717) is 13.2 Å². The first-order valence-corrected chi connectivity index (χ1v) is 7.26. The predicted molar refractivity (Wildman–Crippen MR) is 81.4 cm³/mol. The average Bonchev–Trinajstić information content (AvgIpc) is 2.69. The van der Waals surface area contributed by atoms with Crippen molar-refractivity contribution in [3.63, 3.8) is 0 Å². The Bertz CT molecular complexity index is 502. The van der Waals surface area contributed by atoms with Gasteiger partial charge in [0.15, 0.2) is 0 Å². The molecule has 1 aliphatic rings. The third-order valence-corrected chi connectivity index (χ3v) is 3.71. The number of fused-ring (bicyclic) bond motifs is 1. The summed E-state index contributed by atoms with van der Waals surface area (Å²) in [6.07, 6.45) is 0. The van der Waals surface area contributed by atoms with Gasteiger partial charge in [0.1, 0.15) is 11.4 Å². The minimum Gasteiger partial charge on any atom is -0.486 e. The number of carbonyl (C=O) groups excluding carboxylic acids is 1. The van der Waals surface area contributed by atoms with Crippen molar-refractivity contribution >= 4 is 5.91 Å². The molecule has 2 unspecified atom stereocenters. The van der Waals surface area contributed by atoms with E-state index in [-0.39, 0.29) is 23.6 Å². The second kappa shape index (κ2) is 6.45. The second-order valence-corrected chi connectivity index (χ2v) is 5.85. The van der Waals surface area contributed by atoms with Crippen LogP contribution in [-0.2, 0) is 9.53 Å². The molecular formula is C16H24N2O3. The Hall–Kier alpha value is -1.59. The van der Waals surface area contributed by atoms with Gasteiger partial charge in [-0.25, -0.2) is 0 Å². The minimum atomic E-state index is -0.384. The van der Waals surface area contributed by atoms with Gasteiger partial charge in [-0.05, 0) is 26.8 Å². The standard InChI is InChI=1S/C16H24N2O3/c1-11(15(19)17-9-10-20-4)18-14-12-7-5-6-8-13(12)21-16(14,2)3/h5-8,11,14,18H,9-10H2,1-4H3,(H,17,19). The summed E-state index contributed by atoms with van der Waals surface area (Å²) in [5.41, 5.74) is 0.712. The quantitative estimate of drug-likeness (QED) is 0.783. The van der Waals surface area contributed by atoms with Gasteiger partial charge >= 0.3 is 0 Å². The van der Waals surface area contributed by atoms with Crippen LogP contribution in [0.4, 0.5) is 0 Å². The highest BCUT2D eigenvalue weighted by molar-refractivity contribution is 5.81. The number of methoxy groups -OCH3 is 1. The van der Waals surface area contributed by atoms with Crippen LogP contribution in [0.5, 0.6) is 5.75 Å². The molecule has 5 heteroatoms. The molecule has 0 radical (unpaired) electrons. The fraction of sp³-hybridized carbons (Fsp3) is 0.562. The van der Waals surface area contributed by atoms with E-state index in [9.17, 15) is 4.79 Å². The van der Waals surface area contributed by atoms with Crippen molar-refractivity contribution in [2.24, 2.45) is 0 Å². The molecule has 0 aromatic heterocycles. The van der Waals surface area contributed by atoms with Crippen LogP contribution in [0, 0.1) is 0 Å². The number of nitrogens with one attached hydrogen (secondary N) is 2. The molecule has 2 rings (SSSR count). The van der Waals surface area contributed by atoms with E-state index in [2.05, 4.69) is 10.6 Å². The molecule has 0 fully saturated rings. The number of hydrogen-bond donors (Lipinski definition) is 2. The highest BCUT2D eigenvalue weighted by Gasteiger charge is 2.41. The zero-order chi connectivity index (χ0) is 15.5. The van der Waals surface area contributed by atoms with Crippen molar-refractivity contribution < 1.29 is 14.3 Å². The summed E-state index contributed by atoms with van der Waals surface area (Å²) in [7, 11) is 1.61. The Balaban J connectivity index is 2.02. The summed E-state index contributed by atoms with van der Waals surface area (Å²) in [6, 6.07) is 7.62. The lowest BCUT2D eigenvalue weighted by Crippen LogP contribution is -2.49. The van der Waals surface area contributed by atoms with Crippen LogP contribution in [0.25, 0.3) is 0 Å². The SMILES string of the molecule is COCCNC(=O)C(C)NC1c2ccccc2OC1(C)C. The first-order chi connectivity index (χ1) is 9.95. The largest absolute Gasteiger partial charge is 0.486 e. The summed E-state index contributed by atoms with van der Waals surface area (Å²) in [5, 5.41) is 6.22. The van der Waals surface area contributed by atoms with Crippen molar-refractivity contribution in [2.45, 2.75) is 38.5 Å². The summed E-state index contributed by atoms with van der Waals surface area (Å²) in [5.74, 6) is 0.847. The Morgan fingerprint density at radius 1 is 1.43 bits per heavy atom. The molecule has 0 spiro atoms. The monoisotopic (exact) mass is 292 g/mol. The third kappa shape index (κ3) is 3.54. The number of carbonyl (C=O) groups is 1. The van der Waals surface area contributed by atoms with Crippen LogP contribution in [0.15, 0.2) is 24.3 Å². The molecular weight excluding hydrogens is 268 g/mol. The van der Waals surface area contributed by atoms with Gasteiger partial charge in [-0.1, -0.05) is 18.2 Å². The highest BCUT2D eigenvalue weighted by Crippen LogP contribution is 2.42. The molecule has 0 saturated heterocycles. The molecule has 116 valence electrons. The molecule has 2 atom stereocenters. The van der Waals surface area contributed by atoms with Crippen molar-refractivity contribution in [1.82, 2.24) is 10.6 Å². The third-order valence-electron chi connectivity index (χ3n) is 3.71. The summed E-state index contributed by atoms with van der Waals surface area (Å²) in [6.45, 7) is 6.95. The lowest BCUT2D eigenvalue weighted by atomic mass is 9.94. The van der Waals surface area contributed by atoms with Crippen molar-refractivity contribution in [1.29, 1.82) is 0 Å². The topological polar surface area (TPSA) is 59.6 Å². The van der Waals surface area contributed by atoms with Gasteiger partial charge in [0.2, 0.25) is 5.91 Å².